The molecule has 0 atom stereocenters. The molecule has 0 radical (unpaired) electrons. The van der Waals surface area contributed by atoms with Crippen molar-refractivity contribution in [3.63, 3.8) is 0 Å². The van der Waals surface area contributed by atoms with E-state index in [2.05, 4.69) is 0 Å². The summed E-state index contributed by atoms with van der Waals surface area (Å²) in [4.78, 5) is 14.8. The summed E-state index contributed by atoms with van der Waals surface area (Å²) in [5.74, 6) is -0.150. The number of fused-ring (bicyclic) bond motifs is 6. The van der Waals surface area contributed by atoms with E-state index in [0.29, 0.717) is 59.4 Å². The Bertz CT molecular complexity index is 4590. The van der Waals surface area contributed by atoms with Crippen LogP contribution < -0.4 is 0 Å². The molecule has 290 valence electrons. The summed E-state index contributed by atoms with van der Waals surface area (Å²) in [7, 11) is 0. The highest BCUT2D eigenvalue weighted by Gasteiger charge is 2.20. The molecule has 0 aliphatic rings. The number of rotatable bonds is 7. The SMILES string of the molecule is [2H]c1cc([2H])c(-c2cc([2H])c([2H])c3c2sc2c(-c4cccc(-c5nc(-c6ccccc6-n6c7ccccc7c7cc(-c8c([2H])c([2H])c([2H])c([2H])c8[2H])ccc76)nc(-c6c([2H])c([2H])c([2H])c([2H])c6[2H])n5)c4)cc([2H])c([2H])c23)c([2H])c1. The van der Waals surface area contributed by atoms with Crippen molar-refractivity contribution in [1.82, 2.24) is 19.5 Å². The molecular formula is C57H36N4S. The first-order valence-electron chi connectivity index (χ1n) is 27.9. The van der Waals surface area contributed by atoms with E-state index in [1.165, 1.54) is 35.6 Å². The van der Waals surface area contributed by atoms with Gasteiger partial charge in [0.05, 0.1) is 40.0 Å². The summed E-state index contributed by atoms with van der Waals surface area (Å²) in [6.45, 7) is 0. The van der Waals surface area contributed by atoms with Crippen LogP contribution in [0.1, 0.15) is 23.3 Å². The minimum atomic E-state index is -0.609. The molecule has 62 heavy (non-hydrogen) atoms. The largest absolute Gasteiger partial charge is 0.309 e. The van der Waals surface area contributed by atoms with Crippen LogP contribution in [0, 0.1) is 0 Å². The van der Waals surface area contributed by atoms with Gasteiger partial charge in [-0.05, 0) is 69.8 Å². The van der Waals surface area contributed by atoms with Gasteiger partial charge in [-0.3, -0.25) is 0 Å². The minimum absolute atomic E-state index is 0.0307. The van der Waals surface area contributed by atoms with Gasteiger partial charge in [-0.1, -0.05) is 182 Å². The highest BCUT2D eigenvalue weighted by molar-refractivity contribution is 7.26. The van der Waals surface area contributed by atoms with E-state index in [9.17, 15) is 0 Å². The lowest BCUT2D eigenvalue weighted by atomic mass is 9.99. The first-order valence-corrected chi connectivity index (χ1v) is 20.3. The molecule has 3 aromatic heterocycles. The predicted octanol–water partition coefficient (Wildman–Crippen LogP) is 15.3. The van der Waals surface area contributed by atoms with Crippen LogP contribution in [0.25, 0.3) is 115 Å². The molecule has 0 spiro atoms. The molecule has 5 heteroatoms. The van der Waals surface area contributed by atoms with Crippen molar-refractivity contribution in [2.45, 2.75) is 0 Å². The molecule has 9 aromatic carbocycles. The highest BCUT2D eigenvalue weighted by atomic mass is 32.1. The molecule has 0 bridgehead atoms. The summed E-state index contributed by atoms with van der Waals surface area (Å²) < 4.78 is 150. The molecule has 0 saturated carbocycles. The topological polar surface area (TPSA) is 43.6 Å². The van der Waals surface area contributed by atoms with Gasteiger partial charge in [0, 0.05) is 47.6 Å². The normalized spacial score (nSPS) is 15.4. The van der Waals surface area contributed by atoms with Crippen LogP contribution in [0.3, 0.4) is 0 Å². The number of para-hydroxylation sites is 2. The third kappa shape index (κ3) is 6.09. The predicted molar refractivity (Wildman–Crippen MR) is 260 cm³/mol. The molecule has 0 aliphatic carbocycles. The second-order valence-electron chi connectivity index (χ2n) is 14.3. The van der Waals surface area contributed by atoms with Crippen molar-refractivity contribution in [3.05, 3.63) is 218 Å². The number of aromatic nitrogens is 4. The summed E-state index contributed by atoms with van der Waals surface area (Å²) in [5, 5.41) is 1.93. The zero-order chi connectivity index (χ0) is 55.8. The summed E-state index contributed by atoms with van der Waals surface area (Å²) in [6, 6.07) is 26.5. The Hall–Kier alpha value is -7.99. The Balaban J connectivity index is 1.08. The minimum Gasteiger partial charge on any atom is -0.309 e. The average molecular weight is 826 g/mol. The number of hydrogen-bond acceptors (Lipinski definition) is 4. The Morgan fingerprint density at radius 2 is 0.984 bits per heavy atom. The quantitative estimate of drug-likeness (QED) is 0.161. The van der Waals surface area contributed by atoms with E-state index in [4.69, 9.17) is 38.3 Å². The van der Waals surface area contributed by atoms with Crippen LogP contribution in [0.15, 0.2) is 218 Å². The molecule has 0 N–H and O–H groups in total. The first kappa shape index (κ1) is 22.6. The van der Waals surface area contributed by atoms with Crippen molar-refractivity contribution < 1.29 is 23.3 Å². The maximum atomic E-state index is 9.15. The Kier molecular flexibility index (Phi) is 5.43. The number of nitrogens with zero attached hydrogens (tertiary/aromatic N) is 4. The van der Waals surface area contributed by atoms with Gasteiger partial charge in [0.2, 0.25) is 0 Å². The van der Waals surface area contributed by atoms with Crippen LogP contribution in [-0.4, -0.2) is 19.5 Å². The fraction of sp³-hybridized carbons (Fsp3) is 0. The van der Waals surface area contributed by atoms with E-state index < -0.39 is 48.3 Å². The van der Waals surface area contributed by atoms with Crippen molar-refractivity contribution in [3.8, 4) is 73.2 Å². The number of hydrogen-bond donors (Lipinski definition) is 0. The molecule has 0 unspecified atom stereocenters. The molecule has 0 saturated heterocycles. The van der Waals surface area contributed by atoms with Gasteiger partial charge in [0.1, 0.15) is 0 Å². The monoisotopic (exact) mass is 825 g/mol. The molecule has 12 rings (SSSR count). The molecule has 0 amide bonds. The number of thiophene rings is 1. The molecular weight excluding hydrogens is 773 g/mol. The van der Waals surface area contributed by atoms with Gasteiger partial charge in [-0.15, -0.1) is 11.3 Å². The molecule has 3 heterocycles. The number of benzene rings is 9. The third-order valence-electron chi connectivity index (χ3n) is 10.7. The van der Waals surface area contributed by atoms with E-state index in [-0.39, 0.29) is 99.3 Å². The lowest BCUT2D eigenvalue weighted by molar-refractivity contribution is 1.06. The Morgan fingerprint density at radius 1 is 0.355 bits per heavy atom. The van der Waals surface area contributed by atoms with Gasteiger partial charge in [0.25, 0.3) is 0 Å². The lowest BCUT2D eigenvalue weighted by Gasteiger charge is -2.15. The average Bonchev–Trinajstić information content (AvgIpc) is 4.26. The molecule has 0 aliphatic heterocycles. The van der Waals surface area contributed by atoms with Gasteiger partial charge in [0.15, 0.2) is 17.5 Å². The van der Waals surface area contributed by atoms with Crippen LogP contribution in [0.2, 0.25) is 0 Å². The summed E-state index contributed by atoms with van der Waals surface area (Å²) in [6.07, 6.45) is 0. The second kappa shape index (κ2) is 14.9. The maximum absolute atomic E-state index is 9.15. The van der Waals surface area contributed by atoms with E-state index in [0.717, 1.165) is 10.9 Å². The van der Waals surface area contributed by atoms with Crippen LogP contribution in [0.5, 0.6) is 0 Å². The molecule has 12 aromatic rings. The fourth-order valence-corrected chi connectivity index (χ4v) is 9.24. The Labute approximate surface area is 386 Å². The van der Waals surface area contributed by atoms with E-state index in [1.807, 2.05) is 41.0 Å². The highest BCUT2D eigenvalue weighted by Crippen LogP contribution is 2.44. The summed E-state index contributed by atoms with van der Waals surface area (Å²) in [5.41, 5.74) is 4.41. The van der Waals surface area contributed by atoms with E-state index in [1.54, 1.807) is 54.6 Å². The van der Waals surface area contributed by atoms with Crippen LogP contribution in [-0.2, 0) is 0 Å². The van der Waals surface area contributed by atoms with Gasteiger partial charge in [-0.25, -0.2) is 15.0 Å². The van der Waals surface area contributed by atoms with Gasteiger partial charge in [-0.2, -0.15) is 0 Å². The van der Waals surface area contributed by atoms with Crippen LogP contribution in [0.4, 0.5) is 0 Å². The third-order valence-corrected chi connectivity index (χ3v) is 12.0. The van der Waals surface area contributed by atoms with Gasteiger partial charge >= 0.3 is 0 Å². The first-order chi connectivity index (χ1) is 37.7. The zero-order valence-corrected chi connectivity index (χ0v) is 33.0. The van der Waals surface area contributed by atoms with Gasteiger partial charge < -0.3 is 4.57 Å². The van der Waals surface area contributed by atoms with Crippen molar-refractivity contribution in [2.24, 2.45) is 0 Å². The van der Waals surface area contributed by atoms with Crippen molar-refractivity contribution in [2.75, 3.05) is 0 Å². The Morgan fingerprint density at radius 3 is 1.76 bits per heavy atom. The summed E-state index contributed by atoms with van der Waals surface area (Å²) >= 11 is 1.19. The lowest BCUT2D eigenvalue weighted by Crippen LogP contribution is -2.03. The van der Waals surface area contributed by atoms with Crippen LogP contribution >= 0.6 is 11.3 Å². The molecule has 0 fully saturated rings. The molecule has 4 nitrogen and oxygen atoms in total. The fourth-order valence-electron chi connectivity index (χ4n) is 7.97. The smallest absolute Gasteiger partial charge is 0.166 e. The zero-order valence-electron chi connectivity index (χ0n) is 49.2. The van der Waals surface area contributed by atoms with E-state index >= 15 is 0 Å². The maximum Gasteiger partial charge on any atom is 0.166 e. The van der Waals surface area contributed by atoms with Crippen molar-refractivity contribution in [1.29, 1.82) is 0 Å². The van der Waals surface area contributed by atoms with Crippen molar-refractivity contribution >= 4 is 53.3 Å². The standard InChI is InChI=1S/C57H36N4S/c1-4-17-37(18-5-1)40-33-34-52-49(36-40)45-25-10-12-31-50(45)61(52)51-32-13-11-26-48(51)57-59-55(39-21-8-3-9-22-39)58-56(60-57)42-24-14-23-41(35-42)44-28-16-30-47-46-29-15-27-43(53(46)62-54(44)47)38-19-6-2-7-20-38/h1-36H/i1D,2D,3D,4D,5D,8D,9D,15D,16D,17D,18D,19D,20D,21D,22D,29D,30D. The second-order valence-corrected chi connectivity index (χ2v) is 15.3.